The number of hydrogen-bond donors (Lipinski definition) is 0. The summed E-state index contributed by atoms with van der Waals surface area (Å²) in [4.78, 5) is 4.54. The Morgan fingerprint density at radius 3 is 2.52 bits per heavy atom. The molecule has 0 bridgehead atoms. The molecule has 1 fully saturated rings. The van der Waals surface area contributed by atoms with Crippen molar-refractivity contribution in [3.8, 4) is 16.9 Å². The first-order valence-electron chi connectivity index (χ1n) is 8.96. The van der Waals surface area contributed by atoms with Crippen molar-refractivity contribution in [2.24, 2.45) is 4.99 Å². The number of hydrogen-bond acceptors (Lipinski definition) is 4. The largest absolute Gasteiger partial charge is 0.288 e. The van der Waals surface area contributed by atoms with Gasteiger partial charge in [0.25, 0.3) is 0 Å². The van der Waals surface area contributed by atoms with Gasteiger partial charge >= 0.3 is 0 Å². The minimum atomic E-state index is -2.94. The van der Waals surface area contributed by atoms with E-state index in [-0.39, 0.29) is 17.5 Å². The van der Waals surface area contributed by atoms with Gasteiger partial charge in [-0.2, -0.15) is 5.10 Å². The summed E-state index contributed by atoms with van der Waals surface area (Å²) in [5.41, 5.74) is 4.88. The van der Waals surface area contributed by atoms with Crippen molar-refractivity contribution in [2.75, 3.05) is 11.5 Å². The highest BCUT2D eigenvalue weighted by Gasteiger charge is 2.27. The molecular weight excluding hydrogens is 358 g/mol. The van der Waals surface area contributed by atoms with Gasteiger partial charge in [-0.3, -0.25) is 4.99 Å². The van der Waals surface area contributed by atoms with Gasteiger partial charge in [-0.05, 0) is 25.5 Å². The lowest BCUT2D eigenvalue weighted by Gasteiger charge is -2.02. The number of aryl methyl sites for hydroxylation is 1. The SMILES string of the molecule is Cc1ccc(-c2nn(-c3ccccc3)cc2C=NC2CCS(=O)(=O)C2)cc1. The van der Waals surface area contributed by atoms with Crippen LogP contribution in [0.3, 0.4) is 0 Å². The van der Waals surface area contributed by atoms with Crippen LogP contribution >= 0.6 is 0 Å². The summed E-state index contributed by atoms with van der Waals surface area (Å²) < 4.78 is 25.2. The molecule has 1 atom stereocenters. The summed E-state index contributed by atoms with van der Waals surface area (Å²) in [5, 5.41) is 4.76. The van der Waals surface area contributed by atoms with Gasteiger partial charge < -0.3 is 0 Å². The van der Waals surface area contributed by atoms with Crippen molar-refractivity contribution in [1.29, 1.82) is 0 Å². The van der Waals surface area contributed by atoms with Crippen molar-refractivity contribution in [1.82, 2.24) is 9.78 Å². The van der Waals surface area contributed by atoms with E-state index in [9.17, 15) is 8.42 Å². The summed E-state index contributed by atoms with van der Waals surface area (Å²) >= 11 is 0. The van der Waals surface area contributed by atoms with Crippen LogP contribution in [0, 0.1) is 6.92 Å². The number of para-hydroxylation sites is 1. The highest BCUT2D eigenvalue weighted by molar-refractivity contribution is 7.91. The summed E-state index contributed by atoms with van der Waals surface area (Å²) in [6.45, 7) is 2.05. The van der Waals surface area contributed by atoms with E-state index in [4.69, 9.17) is 5.10 Å². The number of aromatic nitrogens is 2. The van der Waals surface area contributed by atoms with Crippen molar-refractivity contribution in [3.05, 3.63) is 71.9 Å². The van der Waals surface area contributed by atoms with E-state index in [0.29, 0.717) is 6.42 Å². The Balaban J connectivity index is 1.72. The fraction of sp³-hybridized carbons (Fsp3) is 0.238. The first-order valence-corrected chi connectivity index (χ1v) is 10.8. The number of nitrogens with zero attached hydrogens (tertiary/aromatic N) is 3. The van der Waals surface area contributed by atoms with E-state index in [1.165, 1.54) is 5.56 Å². The Bertz CT molecular complexity index is 1070. The van der Waals surface area contributed by atoms with Gasteiger partial charge in [-0.1, -0.05) is 48.0 Å². The molecule has 1 aromatic heterocycles. The Hall–Kier alpha value is -2.73. The van der Waals surface area contributed by atoms with Gasteiger partial charge in [0.05, 0.1) is 23.2 Å². The summed E-state index contributed by atoms with van der Waals surface area (Å²) in [5.74, 6) is 0.360. The minimum absolute atomic E-state index is 0.135. The second-order valence-electron chi connectivity index (χ2n) is 6.91. The molecule has 0 N–H and O–H groups in total. The second-order valence-corrected chi connectivity index (χ2v) is 9.14. The topological polar surface area (TPSA) is 64.3 Å². The van der Waals surface area contributed by atoms with Gasteiger partial charge in [0, 0.05) is 23.5 Å². The van der Waals surface area contributed by atoms with Crippen LogP contribution in [0.1, 0.15) is 17.5 Å². The van der Waals surface area contributed by atoms with Crippen LogP contribution in [0.4, 0.5) is 0 Å². The first-order chi connectivity index (χ1) is 13.0. The molecule has 138 valence electrons. The molecule has 5 nitrogen and oxygen atoms in total. The molecule has 6 heteroatoms. The molecular formula is C21H21N3O2S. The van der Waals surface area contributed by atoms with E-state index >= 15 is 0 Å². The smallest absolute Gasteiger partial charge is 0.152 e. The zero-order chi connectivity index (χ0) is 18.9. The van der Waals surface area contributed by atoms with Gasteiger partial charge in [-0.15, -0.1) is 0 Å². The van der Waals surface area contributed by atoms with Crippen molar-refractivity contribution >= 4 is 16.1 Å². The average molecular weight is 379 g/mol. The number of sulfone groups is 1. The molecule has 1 aliphatic rings. The van der Waals surface area contributed by atoms with Crippen molar-refractivity contribution in [2.45, 2.75) is 19.4 Å². The minimum Gasteiger partial charge on any atom is -0.288 e. The van der Waals surface area contributed by atoms with Gasteiger partial charge in [0.15, 0.2) is 9.84 Å². The highest BCUT2D eigenvalue weighted by Crippen LogP contribution is 2.24. The monoisotopic (exact) mass is 379 g/mol. The first kappa shape index (κ1) is 17.7. The molecule has 0 radical (unpaired) electrons. The molecule has 4 rings (SSSR count). The predicted octanol–water partition coefficient (Wildman–Crippen LogP) is 3.45. The standard InChI is InChI=1S/C21H21N3O2S/c1-16-7-9-17(10-8-16)21-18(13-22-19-11-12-27(25,26)15-19)14-24(23-21)20-5-3-2-4-6-20/h2-10,13-14,19H,11-12,15H2,1H3. The Labute approximate surface area is 159 Å². The van der Waals surface area contributed by atoms with E-state index < -0.39 is 9.84 Å². The maximum Gasteiger partial charge on any atom is 0.152 e. The predicted molar refractivity (Wildman–Crippen MR) is 108 cm³/mol. The molecule has 1 saturated heterocycles. The van der Waals surface area contributed by atoms with E-state index in [2.05, 4.69) is 24.0 Å². The lowest BCUT2D eigenvalue weighted by atomic mass is 10.1. The number of rotatable bonds is 4. The van der Waals surface area contributed by atoms with Crippen LogP contribution in [-0.4, -0.2) is 42.0 Å². The van der Waals surface area contributed by atoms with Crippen LogP contribution in [-0.2, 0) is 9.84 Å². The number of benzene rings is 2. The van der Waals surface area contributed by atoms with Crippen LogP contribution in [0.15, 0.2) is 65.8 Å². The fourth-order valence-electron chi connectivity index (χ4n) is 3.21. The third kappa shape index (κ3) is 4.01. The van der Waals surface area contributed by atoms with E-state index in [1.807, 2.05) is 53.3 Å². The summed E-state index contributed by atoms with van der Waals surface area (Å²) in [6.07, 6.45) is 4.30. The lowest BCUT2D eigenvalue weighted by Crippen LogP contribution is -2.07. The molecule has 0 amide bonds. The lowest BCUT2D eigenvalue weighted by molar-refractivity contribution is 0.601. The van der Waals surface area contributed by atoms with Crippen LogP contribution in [0.2, 0.25) is 0 Å². The van der Waals surface area contributed by atoms with E-state index in [0.717, 1.165) is 22.5 Å². The Morgan fingerprint density at radius 1 is 1.11 bits per heavy atom. The molecule has 1 unspecified atom stereocenters. The molecule has 0 saturated carbocycles. The summed E-state index contributed by atoms with van der Waals surface area (Å²) in [6, 6.07) is 17.9. The Kier molecular flexibility index (Phi) is 4.66. The van der Waals surface area contributed by atoms with Gasteiger partial charge in [0.1, 0.15) is 5.69 Å². The van der Waals surface area contributed by atoms with Gasteiger partial charge in [0.2, 0.25) is 0 Å². The molecule has 0 aliphatic carbocycles. The molecule has 1 aliphatic heterocycles. The van der Waals surface area contributed by atoms with E-state index in [1.54, 1.807) is 6.21 Å². The fourth-order valence-corrected chi connectivity index (χ4v) is 4.85. The molecule has 2 heterocycles. The highest BCUT2D eigenvalue weighted by atomic mass is 32.2. The Morgan fingerprint density at radius 2 is 1.85 bits per heavy atom. The average Bonchev–Trinajstić information content (AvgIpc) is 3.24. The third-order valence-electron chi connectivity index (χ3n) is 4.72. The normalized spacial score (nSPS) is 18.9. The maximum absolute atomic E-state index is 11.7. The maximum atomic E-state index is 11.7. The number of aliphatic imine (C=N–C) groups is 1. The third-order valence-corrected chi connectivity index (χ3v) is 6.47. The molecule has 2 aromatic carbocycles. The second kappa shape index (κ2) is 7.12. The molecule has 0 spiro atoms. The van der Waals surface area contributed by atoms with Crippen LogP contribution < -0.4 is 0 Å². The molecule has 3 aromatic rings. The molecule has 27 heavy (non-hydrogen) atoms. The van der Waals surface area contributed by atoms with Crippen molar-refractivity contribution in [3.63, 3.8) is 0 Å². The van der Waals surface area contributed by atoms with Gasteiger partial charge in [-0.25, -0.2) is 13.1 Å². The zero-order valence-electron chi connectivity index (χ0n) is 15.1. The zero-order valence-corrected chi connectivity index (χ0v) is 15.9. The quantitative estimate of drug-likeness (QED) is 0.652. The van der Waals surface area contributed by atoms with Crippen LogP contribution in [0.25, 0.3) is 16.9 Å². The van der Waals surface area contributed by atoms with Crippen LogP contribution in [0.5, 0.6) is 0 Å². The van der Waals surface area contributed by atoms with Crippen molar-refractivity contribution < 1.29 is 8.42 Å². The summed E-state index contributed by atoms with van der Waals surface area (Å²) in [7, 11) is -2.94.